The van der Waals surface area contributed by atoms with Crippen molar-refractivity contribution < 1.29 is 4.79 Å². The van der Waals surface area contributed by atoms with E-state index in [2.05, 4.69) is 27.7 Å². The number of hydrogen-bond acceptors (Lipinski definition) is 3. The molecule has 1 aliphatic heterocycles. The third-order valence-corrected chi connectivity index (χ3v) is 3.19. The molecule has 0 spiro atoms. The second kappa shape index (κ2) is 7.13. The van der Waals surface area contributed by atoms with Crippen molar-refractivity contribution >= 4 is 5.91 Å². The van der Waals surface area contributed by atoms with Crippen LogP contribution in [0.4, 0.5) is 0 Å². The third kappa shape index (κ3) is 4.47. The van der Waals surface area contributed by atoms with Crippen molar-refractivity contribution in [2.75, 3.05) is 32.8 Å². The summed E-state index contributed by atoms with van der Waals surface area (Å²) in [4.78, 5) is 14.0. The molecule has 2 N–H and O–H groups in total. The minimum absolute atomic E-state index is 0.136. The summed E-state index contributed by atoms with van der Waals surface area (Å²) >= 11 is 0. The van der Waals surface area contributed by atoms with E-state index in [1.807, 2.05) is 18.2 Å². The zero-order chi connectivity index (χ0) is 12.6. The number of nitrogens with one attached hydrogen (secondary N) is 2. The van der Waals surface area contributed by atoms with Crippen molar-refractivity contribution in [3.8, 4) is 0 Å². The van der Waals surface area contributed by atoms with Crippen LogP contribution in [0, 0.1) is 0 Å². The molecule has 1 fully saturated rings. The average Bonchev–Trinajstić information content (AvgIpc) is 2.45. The molecule has 1 aromatic rings. The summed E-state index contributed by atoms with van der Waals surface area (Å²) < 4.78 is 0. The second-order valence-electron chi connectivity index (χ2n) is 4.61. The molecule has 18 heavy (non-hydrogen) atoms. The van der Waals surface area contributed by atoms with Gasteiger partial charge in [-0.2, -0.15) is 0 Å². The van der Waals surface area contributed by atoms with E-state index in [1.54, 1.807) is 0 Å². The predicted molar refractivity (Wildman–Crippen MR) is 72.2 cm³/mol. The monoisotopic (exact) mass is 247 g/mol. The van der Waals surface area contributed by atoms with Gasteiger partial charge in [0.2, 0.25) is 5.91 Å². The first kappa shape index (κ1) is 13.1. The van der Waals surface area contributed by atoms with Crippen molar-refractivity contribution in [3.05, 3.63) is 35.9 Å². The smallest absolute Gasteiger partial charge is 0.221 e. The third-order valence-electron chi connectivity index (χ3n) is 3.19. The van der Waals surface area contributed by atoms with Crippen LogP contribution in [-0.4, -0.2) is 43.7 Å². The van der Waals surface area contributed by atoms with Gasteiger partial charge in [-0.25, -0.2) is 0 Å². The molecule has 1 amide bonds. The molecule has 0 aromatic heterocycles. The number of nitrogens with zero attached hydrogens (tertiary/aromatic N) is 1. The fraction of sp³-hybridized carbons (Fsp3) is 0.500. The predicted octanol–water partition coefficient (Wildman–Crippen LogP) is 0.598. The highest BCUT2D eigenvalue weighted by Gasteiger charge is 2.10. The summed E-state index contributed by atoms with van der Waals surface area (Å²) in [6, 6.07) is 10.1. The van der Waals surface area contributed by atoms with Crippen LogP contribution in [0.1, 0.15) is 12.0 Å². The Balaban J connectivity index is 1.63. The van der Waals surface area contributed by atoms with Gasteiger partial charge < -0.3 is 10.6 Å². The molecule has 98 valence electrons. The van der Waals surface area contributed by atoms with E-state index in [1.165, 1.54) is 5.56 Å². The second-order valence-corrected chi connectivity index (χ2v) is 4.61. The van der Waals surface area contributed by atoms with Crippen molar-refractivity contribution in [1.82, 2.24) is 15.5 Å². The largest absolute Gasteiger partial charge is 0.343 e. The maximum absolute atomic E-state index is 11.7. The normalized spacial score (nSPS) is 16.4. The van der Waals surface area contributed by atoms with Crippen molar-refractivity contribution in [1.29, 1.82) is 0 Å². The number of hydrogen-bond donors (Lipinski definition) is 2. The quantitative estimate of drug-likeness (QED) is 0.801. The molecule has 0 saturated carbocycles. The Kier molecular flexibility index (Phi) is 5.17. The van der Waals surface area contributed by atoms with Gasteiger partial charge in [0, 0.05) is 32.6 Å². The van der Waals surface area contributed by atoms with Gasteiger partial charge in [-0.15, -0.1) is 0 Å². The van der Waals surface area contributed by atoms with E-state index in [9.17, 15) is 4.79 Å². The molecule has 1 aliphatic rings. The SMILES string of the molecule is O=C(CCc1ccccc1)NCN1CCNCC1. The number of aryl methyl sites for hydroxylation is 1. The Labute approximate surface area is 108 Å². The molecule has 0 bridgehead atoms. The highest BCUT2D eigenvalue weighted by atomic mass is 16.1. The van der Waals surface area contributed by atoms with Crippen LogP contribution in [0.25, 0.3) is 0 Å². The van der Waals surface area contributed by atoms with Gasteiger partial charge in [0.1, 0.15) is 0 Å². The van der Waals surface area contributed by atoms with Crippen molar-refractivity contribution in [2.45, 2.75) is 12.8 Å². The topological polar surface area (TPSA) is 44.4 Å². The van der Waals surface area contributed by atoms with E-state index in [4.69, 9.17) is 0 Å². The lowest BCUT2D eigenvalue weighted by molar-refractivity contribution is -0.121. The summed E-state index contributed by atoms with van der Waals surface area (Å²) in [7, 11) is 0. The van der Waals surface area contributed by atoms with Gasteiger partial charge in [0.25, 0.3) is 0 Å². The van der Waals surface area contributed by atoms with Crippen molar-refractivity contribution in [3.63, 3.8) is 0 Å². The Hall–Kier alpha value is -1.39. The zero-order valence-corrected chi connectivity index (χ0v) is 10.7. The molecule has 1 saturated heterocycles. The Morgan fingerprint density at radius 2 is 1.94 bits per heavy atom. The summed E-state index contributed by atoms with van der Waals surface area (Å²) in [5.74, 6) is 0.136. The number of carbonyl (C=O) groups is 1. The number of amides is 1. The summed E-state index contributed by atoms with van der Waals surface area (Å²) in [5.41, 5.74) is 1.22. The van der Waals surface area contributed by atoms with E-state index in [-0.39, 0.29) is 5.91 Å². The standard InChI is InChI=1S/C14H21N3O/c18-14(7-6-13-4-2-1-3-5-13)16-12-17-10-8-15-9-11-17/h1-5,15H,6-12H2,(H,16,18). The maximum Gasteiger partial charge on any atom is 0.221 e. The summed E-state index contributed by atoms with van der Waals surface area (Å²) in [5, 5.41) is 6.28. The Morgan fingerprint density at radius 3 is 2.67 bits per heavy atom. The van der Waals surface area contributed by atoms with Crippen LogP contribution < -0.4 is 10.6 Å². The van der Waals surface area contributed by atoms with Gasteiger partial charge in [0.15, 0.2) is 0 Å². The van der Waals surface area contributed by atoms with Gasteiger partial charge in [-0.1, -0.05) is 30.3 Å². The lowest BCUT2D eigenvalue weighted by Crippen LogP contribution is -2.48. The van der Waals surface area contributed by atoms with E-state index < -0.39 is 0 Å². The maximum atomic E-state index is 11.7. The van der Waals surface area contributed by atoms with Crippen LogP contribution in [0.15, 0.2) is 30.3 Å². The number of carbonyl (C=O) groups excluding carboxylic acids is 1. The van der Waals surface area contributed by atoms with Gasteiger partial charge in [-0.05, 0) is 12.0 Å². The zero-order valence-electron chi connectivity index (χ0n) is 10.7. The molecule has 0 unspecified atom stereocenters. The van der Waals surface area contributed by atoms with Gasteiger partial charge >= 0.3 is 0 Å². The highest BCUT2D eigenvalue weighted by molar-refractivity contribution is 5.76. The summed E-state index contributed by atoms with van der Waals surface area (Å²) in [6.45, 7) is 4.73. The molecular formula is C14H21N3O. The van der Waals surface area contributed by atoms with Crippen LogP contribution in [-0.2, 0) is 11.2 Å². The van der Waals surface area contributed by atoms with Gasteiger partial charge in [0.05, 0.1) is 6.67 Å². The average molecular weight is 247 g/mol. The molecular weight excluding hydrogens is 226 g/mol. The minimum Gasteiger partial charge on any atom is -0.343 e. The summed E-state index contributed by atoms with van der Waals surface area (Å²) in [6.07, 6.45) is 1.38. The molecule has 0 atom stereocenters. The number of piperazine rings is 1. The molecule has 0 aliphatic carbocycles. The van der Waals surface area contributed by atoms with E-state index in [0.29, 0.717) is 13.1 Å². The van der Waals surface area contributed by atoms with Crippen molar-refractivity contribution in [2.24, 2.45) is 0 Å². The first-order valence-corrected chi connectivity index (χ1v) is 6.58. The Morgan fingerprint density at radius 1 is 1.22 bits per heavy atom. The highest BCUT2D eigenvalue weighted by Crippen LogP contribution is 2.02. The first-order valence-electron chi connectivity index (χ1n) is 6.58. The molecule has 0 radical (unpaired) electrons. The number of benzene rings is 1. The molecule has 2 rings (SSSR count). The van der Waals surface area contributed by atoms with E-state index in [0.717, 1.165) is 32.6 Å². The first-order chi connectivity index (χ1) is 8.84. The molecule has 4 heteroatoms. The molecule has 4 nitrogen and oxygen atoms in total. The van der Waals surface area contributed by atoms with Crippen LogP contribution in [0.2, 0.25) is 0 Å². The van der Waals surface area contributed by atoms with Crippen LogP contribution in [0.5, 0.6) is 0 Å². The minimum atomic E-state index is 0.136. The fourth-order valence-electron chi connectivity index (χ4n) is 2.06. The Bertz CT molecular complexity index is 361. The molecule has 1 aromatic carbocycles. The number of rotatable bonds is 5. The van der Waals surface area contributed by atoms with Crippen LogP contribution >= 0.6 is 0 Å². The fourth-order valence-corrected chi connectivity index (χ4v) is 2.06. The van der Waals surface area contributed by atoms with Gasteiger partial charge in [-0.3, -0.25) is 9.69 Å². The molecule has 1 heterocycles. The lowest BCUT2D eigenvalue weighted by Gasteiger charge is -2.27. The lowest BCUT2D eigenvalue weighted by atomic mass is 10.1. The van der Waals surface area contributed by atoms with E-state index >= 15 is 0 Å². The van der Waals surface area contributed by atoms with Crippen LogP contribution in [0.3, 0.4) is 0 Å².